The van der Waals surface area contributed by atoms with Crippen LogP contribution in [0.4, 0.5) is 0 Å². The lowest BCUT2D eigenvalue weighted by molar-refractivity contribution is 0.454. The van der Waals surface area contributed by atoms with Crippen molar-refractivity contribution in [3.63, 3.8) is 0 Å². The average molecular weight is 243 g/mol. The predicted molar refractivity (Wildman–Crippen MR) is 69.7 cm³/mol. The van der Waals surface area contributed by atoms with Gasteiger partial charge in [0.15, 0.2) is 0 Å². The number of rotatable bonds is 4. The molecular formula is C15H17NO2. The van der Waals surface area contributed by atoms with Crippen LogP contribution < -0.4 is 5.76 Å². The monoisotopic (exact) mass is 243 g/mol. The normalized spacial score (nSPS) is 16.7. The van der Waals surface area contributed by atoms with Crippen molar-refractivity contribution < 1.29 is 4.42 Å². The van der Waals surface area contributed by atoms with Crippen molar-refractivity contribution in [1.29, 1.82) is 0 Å². The van der Waals surface area contributed by atoms with E-state index in [2.05, 4.69) is 31.2 Å². The third-order valence-electron chi connectivity index (χ3n) is 3.99. The van der Waals surface area contributed by atoms with Crippen LogP contribution in [0, 0.1) is 6.92 Å². The third kappa shape index (κ3) is 2.01. The van der Waals surface area contributed by atoms with Gasteiger partial charge >= 0.3 is 5.76 Å². The maximum absolute atomic E-state index is 11.3. The van der Waals surface area contributed by atoms with Crippen LogP contribution in [0.25, 0.3) is 0 Å². The van der Waals surface area contributed by atoms with Gasteiger partial charge in [-0.2, -0.15) is 0 Å². The Balaban J connectivity index is 1.74. The van der Waals surface area contributed by atoms with Crippen LogP contribution in [-0.2, 0) is 12.0 Å². The number of oxazole rings is 1. The zero-order valence-corrected chi connectivity index (χ0v) is 10.6. The third-order valence-corrected chi connectivity index (χ3v) is 3.99. The SMILES string of the molecule is Cc1ccc(C2(CCn3ccoc3=O)CC2)cc1. The van der Waals surface area contributed by atoms with E-state index >= 15 is 0 Å². The lowest BCUT2D eigenvalue weighted by Gasteiger charge is -2.15. The van der Waals surface area contributed by atoms with Crippen LogP contribution in [-0.4, -0.2) is 4.57 Å². The molecule has 0 spiro atoms. The summed E-state index contributed by atoms with van der Waals surface area (Å²) in [5.74, 6) is -0.255. The van der Waals surface area contributed by atoms with Gasteiger partial charge in [-0.3, -0.25) is 4.57 Å². The van der Waals surface area contributed by atoms with Gasteiger partial charge in [-0.15, -0.1) is 0 Å². The summed E-state index contributed by atoms with van der Waals surface area (Å²) in [7, 11) is 0. The van der Waals surface area contributed by atoms with Crippen molar-refractivity contribution in [2.75, 3.05) is 0 Å². The average Bonchev–Trinajstić information content (AvgIpc) is 3.05. The van der Waals surface area contributed by atoms with Crippen LogP contribution in [0.1, 0.15) is 30.4 Å². The summed E-state index contributed by atoms with van der Waals surface area (Å²) in [5, 5.41) is 0. The van der Waals surface area contributed by atoms with E-state index < -0.39 is 0 Å². The van der Waals surface area contributed by atoms with Gasteiger partial charge in [0.05, 0.1) is 0 Å². The Morgan fingerprint density at radius 1 is 1.28 bits per heavy atom. The second kappa shape index (κ2) is 4.16. The summed E-state index contributed by atoms with van der Waals surface area (Å²) in [6.07, 6.45) is 6.63. The molecule has 1 saturated carbocycles. The molecule has 3 rings (SSSR count). The van der Waals surface area contributed by atoms with Crippen molar-refractivity contribution in [3.05, 3.63) is 58.4 Å². The molecule has 0 bridgehead atoms. The Morgan fingerprint density at radius 2 is 2.00 bits per heavy atom. The molecule has 0 amide bonds. The van der Waals surface area contributed by atoms with Crippen molar-refractivity contribution in [2.24, 2.45) is 0 Å². The summed E-state index contributed by atoms with van der Waals surface area (Å²) in [6.45, 7) is 2.84. The number of nitrogens with zero attached hydrogens (tertiary/aromatic N) is 1. The van der Waals surface area contributed by atoms with E-state index in [0.717, 1.165) is 13.0 Å². The summed E-state index contributed by atoms with van der Waals surface area (Å²) in [6, 6.07) is 8.78. The molecule has 1 aliphatic carbocycles. The van der Waals surface area contributed by atoms with Gasteiger partial charge in [0.2, 0.25) is 0 Å². The minimum Gasteiger partial charge on any atom is -0.416 e. The zero-order valence-electron chi connectivity index (χ0n) is 10.6. The van der Waals surface area contributed by atoms with Gasteiger partial charge in [0.25, 0.3) is 0 Å². The van der Waals surface area contributed by atoms with Crippen molar-refractivity contribution in [2.45, 2.75) is 38.1 Å². The topological polar surface area (TPSA) is 35.1 Å². The lowest BCUT2D eigenvalue weighted by atomic mass is 9.92. The highest BCUT2D eigenvalue weighted by atomic mass is 16.4. The Kier molecular flexibility index (Phi) is 2.62. The molecule has 1 aliphatic rings. The highest BCUT2D eigenvalue weighted by Crippen LogP contribution is 2.51. The molecule has 1 fully saturated rings. The quantitative estimate of drug-likeness (QED) is 0.827. The molecule has 18 heavy (non-hydrogen) atoms. The van der Waals surface area contributed by atoms with Crippen LogP contribution in [0.15, 0.2) is 45.9 Å². The van der Waals surface area contributed by atoms with Crippen molar-refractivity contribution >= 4 is 0 Å². The molecule has 3 nitrogen and oxygen atoms in total. The van der Waals surface area contributed by atoms with E-state index in [1.807, 2.05) is 0 Å². The zero-order chi connectivity index (χ0) is 12.6. The van der Waals surface area contributed by atoms with E-state index in [1.165, 1.54) is 30.2 Å². The molecule has 1 aromatic carbocycles. The molecule has 3 heteroatoms. The second-order valence-electron chi connectivity index (χ2n) is 5.26. The number of hydrogen-bond donors (Lipinski definition) is 0. The molecule has 1 aromatic heterocycles. The molecule has 0 N–H and O–H groups in total. The van der Waals surface area contributed by atoms with E-state index in [-0.39, 0.29) is 5.76 Å². The smallest absolute Gasteiger partial charge is 0.416 e. The number of aryl methyl sites for hydroxylation is 2. The molecule has 0 atom stereocenters. The molecule has 0 aliphatic heterocycles. The van der Waals surface area contributed by atoms with E-state index in [4.69, 9.17) is 4.42 Å². The minimum absolute atomic E-state index is 0.255. The van der Waals surface area contributed by atoms with Gasteiger partial charge in [-0.1, -0.05) is 29.8 Å². The molecule has 2 aromatic rings. The molecule has 0 radical (unpaired) electrons. The van der Waals surface area contributed by atoms with Gasteiger partial charge in [-0.05, 0) is 37.2 Å². The first-order valence-electron chi connectivity index (χ1n) is 6.41. The first kappa shape index (κ1) is 11.3. The minimum atomic E-state index is -0.255. The van der Waals surface area contributed by atoms with Crippen molar-refractivity contribution in [3.8, 4) is 0 Å². The summed E-state index contributed by atoms with van der Waals surface area (Å²) in [4.78, 5) is 11.3. The standard InChI is InChI=1S/C15H17NO2/c1-12-2-4-13(5-3-12)15(6-7-15)8-9-16-10-11-18-14(16)17/h2-5,10-11H,6-9H2,1H3. The Bertz CT molecular complexity index is 587. The summed E-state index contributed by atoms with van der Waals surface area (Å²) >= 11 is 0. The fraction of sp³-hybridized carbons (Fsp3) is 0.400. The van der Waals surface area contributed by atoms with E-state index in [0.29, 0.717) is 5.41 Å². The lowest BCUT2D eigenvalue weighted by Crippen LogP contribution is -2.18. The van der Waals surface area contributed by atoms with Crippen molar-refractivity contribution in [1.82, 2.24) is 4.57 Å². The maximum atomic E-state index is 11.3. The number of benzene rings is 1. The highest BCUT2D eigenvalue weighted by Gasteiger charge is 2.43. The largest absolute Gasteiger partial charge is 0.418 e. The Hall–Kier alpha value is -1.77. The molecule has 1 heterocycles. The van der Waals surface area contributed by atoms with Gasteiger partial charge in [0, 0.05) is 12.7 Å². The first-order chi connectivity index (χ1) is 8.70. The number of hydrogen-bond acceptors (Lipinski definition) is 2. The summed E-state index contributed by atoms with van der Waals surface area (Å²) in [5.41, 5.74) is 3.00. The Labute approximate surface area is 106 Å². The van der Waals surface area contributed by atoms with Gasteiger partial charge in [-0.25, -0.2) is 4.79 Å². The number of aromatic nitrogens is 1. The predicted octanol–water partition coefficient (Wildman–Crippen LogP) is 2.87. The maximum Gasteiger partial charge on any atom is 0.418 e. The highest BCUT2D eigenvalue weighted by molar-refractivity contribution is 5.33. The van der Waals surface area contributed by atoms with Crippen LogP contribution >= 0.6 is 0 Å². The fourth-order valence-corrected chi connectivity index (χ4v) is 2.53. The molecular weight excluding hydrogens is 226 g/mol. The van der Waals surface area contributed by atoms with Crippen LogP contribution in [0.2, 0.25) is 0 Å². The van der Waals surface area contributed by atoms with Crippen LogP contribution in [0.5, 0.6) is 0 Å². The van der Waals surface area contributed by atoms with Gasteiger partial charge in [0.1, 0.15) is 6.26 Å². The summed E-state index contributed by atoms with van der Waals surface area (Å²) < 4.78 is 6.43. The van der Waals surface area contributed by atoms with Crippen LogP contribution in [0.3, 0.4) is 0 Å². The molecule has 0 saturated heterocycles. The second-order valence-corrected chi connectivity index (χ2v) is 5.26. The van der Waals surface area contributed by atoms with E-state index in [1.54, 1.807) is 10.8 Å². The fourth-order valence-electron chi connectivity index (χ4n) is 2.53. The Morgan fingerprint density at radius 3 is 2.56 bits per heavy atom. The first-order valence-corrected chi connectivity index (χ1v) is 6.41. The molecule has 0 unspecified atom stereocenters. The van der Waals surface area contributed by atoms with Gasteiger partial charge < -0.3 is 4.42 Å². The molecule has 94 valence electrons. The van der Waals surface area contributed by atoms with E-state index in [9.17, 15) is 4.79 Å².